The van der Waals surface area contributed by atoms with Gasteiger partial charge in [-0.2, -0.15) is 5.21 Å². The SMILES string of the molecule is CC(C)C[C@H](C(=O)O)[C@H](Cc1ccc(C[NH2+]CCC(C)O)c(F)c1)c1nn[nH]n1. The first-order chi connectivity index (χ1) is 13.8. The number of aliphatic carboxylic acids is 1. The van der Waals surface area contributed by atoms with Crippen LogP contribution in [0, 0.1) is 17.7 Å². The van der Waals surface area contributed by atoms with E-state index in [4.69, 9.17) is 0 Å². The molecule has 0 amide bonds. The van der Waals surface area contributed by atoms with E-state index < -0.39 is 17.8 Å². The number of hydrogen-bond donors (Lipinski definition) is 4. The Morgan fingerprint density at radius 1 is 1.31 bits per heavy atom. The van der Waals surface area contributed by atoms with Crippen LogP contribution in [0.1, 0.15) is 56.5 Å². The Morgan fingerprint density at radius 3 is 2.62 bits per heavy atom. The van der Waals surface area contributed by atoms with Crippen molar-refractivity contribution in [3.63, 3.8) is 0 Å². The van der Waals surface area contributed by atoms with E-state index in [1.54, 1.807) is 13.0 Å². The predicted octanol–water partition coefficient (Wildman–Crippen LogP) is 1.25. The zero-order chi connectivity index (χ0) is 21.4. The largest absolute Gasteiger partial charge is 0.481 e. The third kappa shape index (κ3) is 7.17. The van der Waals surface area contributed by atoms with Crippen molar-refractivity contribution in [3.8, 4) is 0 Å². The second kappa shape index (κ2) is 11.0. The van der Waals surface area contributed by atoms with Gasteiger partial charge in [-0.3, -0.25) is 4.79 Å². The fourth-order valence-electron chi connectivity index (χ4n) is 3.44. The highest BCUT2D eigenvalue weighted by molar-refractivity contribution is 5.71. The van der Waals surface area contributed by atoms with Crippen molar-refractivity contribution in [3.05, 3.63) is 41.0 Å². The van der Waals surface area contributed by atoms with Gasteiger partial charge in [-0.05, 0) is 37.3 Å². The number of aromatic amines is 1. The number of nitrogens with two attached hydrogens (primary N) is 1. The standard InChI is InChI=1S/C20H30FN5O3/c1-12(2)8-17(20(28)29)16(19-23-25-26-24-19)9-14-4-5-15(18(21)10-14)11-22-7-6-13(3)27/h4-5,10,12-13,16-17,22,27H,6-9,11H2,1-3H3,(H,28,29)(H,23,24,25,26)/p+1/t13?,16-,17-/m0/s1. The first-order valence-electron chi connectivity index (χ1n) is 10.0. The summed E-state index contributed by atoms with van der Waals surface area (Å²) in [6, 6.07) is 5.01. The van der Waals surface area contributed by atoms with E-state index in [1.807, 2.05) is 25.2 Å². The van der Waals surface area contributed by atoms with Gasteiger partial charge in [0.15, 0.2) is 5.82 Å². The van der Waals surface area contributed by atoms with E-state index >= 15 is 0 Å². The van der Waals surface area contributed by atoms with E-state index in [2.05, 4.69) is 20.6 Å². The van der Waals surface area contributed by atoms with Crippen molar-refractivity contribution in [1.82, 2.24) is 20.6 Å². The third-order valence-electron chi connectivity index (χ3n) is 4.95. The molecule has 29 heavy (non-hydrogen) atoms. The molecule has 8 nitrogen and oxygen atoms in total. The summed E-state index contributed by atoms with van der Waals surface area (Å²) in [5.41, 5.74) is 1.27. The summed E-state index contributed by atoms with van der Waals surface area (Å²) in [4.78, 5) is 11.9. The minimum absolute atomic E-state index is 0.182. The number of tetrazole rings is 1. The second-order valence-electron chi connectivity index (χ2n) is 8.00. The molecule has 0 spiro atoms. The normalized spacial score (nSPS) is 14.7. The number of H-pyrrole nitrogens is 1. The molecule has 1 aromatic carbocycles. The summed E-state index contributed by atoms with van der Waals surface area (Å²) < 4.78 is 14.6. The molecule has 0 aliphatic carbocycles. The van der Waals surface area contributed by atoms with Crippen molar-refractivity contribution in [2.45, 2.75) is 58.6 Å². The lowest BCUT2D eigenvalue weighted by molar-refractivity contribution is -0.671. The van der Waals surface area contributed by atoms with Crippen LogP contribution in [0.15, 0.2) is 18.2 Å². The van der Waals surface area contributed by atoms with Gasteiger partial charge in [0, 0.05) is 17.9 Å². The Hall–Kier alpha value is -2.39. The van der Waals surface area contributed by atoms with Crippen LogP contribution in [-0.2, 0) is 17.8 Å². The van der Waals surface area contributed by atoms with E-state index in [1.165, 1.54) is 6.07 Å². The van der Waals surface area contributed by atoms with Crippen molar-refractivity contribution < 1.29 is 24.7 Å². The minimum Gasteiger partial charge on any atom is -0.481 e. The molecule has 0 aliphatic heterocycles. The van der Waals surface area contributed by atoms with Crippen molar-refractivity contribution >= 4 is 5.97 Å². The molecular formula is C20H31FN5O3+. The summed E-state index contributed by atoms with van der Waals surface area (Å²) in [6.45, 7) is 6.86. The molecule has 2 aromatic rings. The lowest BCUT2D eigenvalue weighted by atomic mass is 9.81. The Bertz CT molecular complexity index is 767. The Labute approximate surface area is 169 Å². The fraction of sp³-hybridized carbons (Fsp3) is 0.600. The van der Waals surface area contributed by atoms with E-state index in [0.717, 1.165) is 0 Å². The summed E-state index contributed by atoms with van der Waals surface area (Å²) in [5.74, 6) is -1.92. The zero-order valence-electron chi connectivity index (χ0n) is 17.2. The molecule has 0 aliphatic rings. The molecule has 0 bridgehead atoms. The summed E-state index contributed by atoms with van der Waals surface area (Å²) in [7, 11) is 0. The monoisotopic (exact) mass is 408 g/mol. The van der Waals surface area contributed by atoms with Gasteiger partial charge in [-0.25, -0.2) is 4.39 Å². The number of carboxylic acid groups (broad SMARTS) is 1. The van der Waals surface area contributed by atoms with Gasteiger partial charge in [-0.1, -0.05) is 31.2 Å². The van der Waals surface area contributed by atoms with Gasteiger partial charge in [0.05, 0.1) is 18.6 Å². The Balaban J connectivity index is 2.14. The minimum atomic E-state index is -0.918. The van der Waals surface area contributed by atoms with Gasteiger partial charge >= 0.3 is 5.97 Å². The number of aromatic nitrogens is 4. The number of nitrogens with zero attached hydrogens (tertiary/aromatic N) is 3. The number of carbonyl (C=O) groups is 1. The molecule has 0 fully saturated rings. The summed E-state index contributed by atoms with van der Waals surface area (Å²) >= 11 is 0. The molecule has 5 N–H and O–H groups in total. The molecule has 3 atom stereocenters. The molecule has 1 unspecified atom stereocenters. The fourth-order valence-corrected chi connectivity index (χ4v) is 3.44. The molecular weight excluding hydrogens is 377 g/mol. The first-order valence-corrected chi connectivity index (χ1v) is 10.0. The van der Waals surface area contributed by atoms with Gasteiger partial charge in [-0.15, -0.1) is 10.2 Å². The Morgan fingerprint density at radius 2 is 2.07 bits per heavy atom. The smallest absolute Gasteiger partial charge is 0.307 e. The van der Waals surface area contributed by atoms with Crippen LogP contribution in [-0.4, -0.2) is 49.5 Å². The van der Waals surface area contributed by atoms with E-state index in [0.29, 0.717) is 49.3 Å². The molecule has 9 heteroatoms. The average molecular weight is 408 g/mol. The third-order valence-corrected chi connectivity index (χ3v) is 4.95. The number of nitrogens with one attached hydrogen (secondary N) is 1. The van der Waals surface area contributed by atoms with Gasteiger partial charge in [0.2, 0.25) is 0 Å². The molecule has 160 valence electrons. The average Bonchev–Trinajstić information content (AvgIpc) is 3.17. The van der Waals surface area contributed by atoms with E-state index in [9.17, 15) is 19.4 Å². The maximum Gasteiger partial charge on any atom is 0.307 e. The van der Waals surface area contributed by atoms with Crippen LogP contribution in [0.2, 0.25) is 0 Å². The second-order valence-corrected chi connectivity index (χ2v) is 8.00. The van der Waals surface area contributed by atoms with Crippen LogP contribution >= 0.6 is 0 Å². The van der Waals surface area contributed by atoms with E-state index in [-0.39, 0.29) is 17.8 Å². The topological polar surface area (TPSA) is 129 Å². The van der Waals surface area contributed by atoms with Crippen molar-refractivity contribution in [2.24, 2.45) is 11.8 Å². The van der Waals surface area contributed by atoms with Crippen LogP contribution in [0.3, 0.4) is 0 Å². The van der Waals surface area contributed by atoms with Crippen LogP contribution in [0.25, 0.3) is 0 Å². The number of aliphatic hydroxyl groups excluding tert-OH is 1. The van der Waals surface area contributed by atoms with Crippen LogP contribution in [0.5, 0.6) is 0 Å². The highest BCUT2D eigenvalue weighted by Crippen LogP contribution is 2.31. The number of aliphatic hydroxyl groups is 1. The number of halogens is 1. The molecule has 0 saturated carbocycles. The van der Waals surface area contributed by atoms with Gasteiger partial charge in [0.25, 0.3) is 0 Å². The van der Waals surface area contributed by atoms with Crippen molar-refractivity contribution in [1.29, 1.82) is 0 Å². The van der Waals surface area contributed by atoms with Gasteiger partial charge in [0.1, 0.15) is 12.4 Å². The molecule has 1 aromatic heterocycles. The van der Waals surface area contributed by atoms with Gasteiger partial charge < -0.3 is 15.5 Å². The zero-order valence-corrected chi connectivity index (χ0v) is 17.2. The van der Waals surface area contributed by atoms with Crippen LogP contribution in [0.4, 0.5) is 4.39 Å². The lowest BCUT2D eigenvalue weighted by Crippen LogP contribution is -2.83. The highest BCUT2D eigenvalue weighted by atomic mass is 19.1. The highest BCUT2D eigenvalue weighted by Gasteiger charge is 2.33. The molecule has 0 radical (unpaired) electrons. The number of rotatable bonds is 12. The number of benzene rings is 1. The maximum atomic E-state index is 14.6. The number of carboxylic acids is 1. The quantitative estimate of drug-likeness (QED) is 0.391. The molecule has 1 heterocycles. The number of quaternary nitrogens is 1. The lowest BCUT2D eigenvalue weighted by Gasteiger charge is -2.23. The summed E-state index contributed by atoms with van der Waals surface area (Å²) in [5, 5.41) is 34.9. The van der Waals surface area contributed by atoms with Crippen molar-refractivity contribution in [2.75, 3.05) is 6.54 Å². The first kappa shape index (κ1) is 22.9. The molecule has 0 saturated heterocycles. The number of hydrogen-bond acceptors (Lipinski definition) is 5. The summed E-state index contributed by atoms with van der Waals surface area (Å²) in [6.07, 6.45) is 1.06. The molecule has 2 rings (SSSR count). The Kier molecular flexibility index (Phi) is 8.66. The van der Waals surface area contributed by atoms with Crippen LogP contribution < -0.4 is 5.32 Å². The predicted molar refractivity (Wildman–Crippen MR) is 104 cm³/mol. The maximum absolute atomic E-state index is 14.6.